The van der Waals surface area contributed by atoms with Gasteiger partial charge in [-0.3, -0.25) is 13.9 Å². The molecule has 19 heavy (non-hydrogen) atoms. The Balaban J connectivity index is 2.35. The maximum absolute atomic E-state index is 11.8. The number of fused-ring (bicyclic) bond motifs is 1. The van der Waals surface area contributed by atoms with Crippen LogP contribution in [-0.2, 0) is 18.9 Å². The molecule has 1 heterocycles. The van der Waals surface area contributed by atoms with Crippen LogP contribution in [0.4, 0.5) is 5.69 Å². The largest absolute Gasteiger partial charge is 0.328 e. The second-order valence-corrected chi connectivity index (χ2v) is 4.83. The predicted octanol–water partition coefficient (Wildman–Crippen LogP) is 0.553. The summed E-state index contributed by atoms with van der Waals surface area (Å²) in [5, 5.41) is 2.78. The molecular weight excluding hydrogens is 244 g/mol. The fourth-order valence-electron chi connectivity index (χ4n) is 2.09. The maximum Gasteiger partial charge on any atom is 0.328 e. The van der Waals surface area contributed by atoms with Crippen molar-refractivity contribution in [3.8, 4) is 0 Å². The summed E-state index contributed by atoms with van der Waals surface area (Å²) in [7, 11) is 3.43. The van der Waals surface area contributed by atoms with Crippen LogP contribution in [0.2, 0.25) is 0 Å². The van der Waals surface area contributed by atoms with Crippen LogP contribution in [0.15, 0.2) is 23.0 Å². The lowest BCUT2D eigenvalue weighted by Crippen LogP contribution is -2.23. The average Bonchev–Trinajstić information content (AvgIpc) is 2.53. The van der Waals surface area contributed by atoms with Crippen LogP contribution >= 0.6 is 0 Å². The first kappa shape index (κ1) is 13.4. The molecular formula is C13H18N4O2. The van der Waals surface area contributed by atoms with Gasteiger partial charge in [-0.1, -0.05) is 0 Å². The van der Waals surface area contributed by atoms with Gasteiger partial charge in [0.1, 0.15) is 0 Å². The number of carbonyl (C=O) groups excluding carboxylic acids is 1. The van der Waals surface area contributed by atoms with Gasteiger partial charge in [-0.05, 0) is 25.1 Å². The van der Waals surface area contributed by atoms with Gasteiger partial charge < -0.3 is 11.1 Å². The van der Waals surface area contributed by atoms with Crippen molar-refractivity contribution in [2.24, 2.45) is 19.8 Å². The zero-order valence-electron chi connectivity index (χ0n) is 11.3. The molecule has 0 aliphatic carbocycles. The molecule has 2 rings (SSSR count). The van der Waals surface area contributed by atoms with Gasteiger partial charge in [0, 0.05) is 32.2 Å². The Bertz CT molecular complexity index is 682. The lowest BCUT2D eigenvalue weighted by Gasteiger charge is -2.07. The predicted molar refractivity (Wildman–Crippen MR) is 75.1 cm³/mol. The minimum absolute atomic E-state index is 0.0888. The zero-order valence-corrected chi connectivity index (χ0v) is 11.3. The zero-order chi connectivity index (χ0) is 14.2. The molecule has 1 unspecified atom stereocenters. The van der Waals surface area contributed by atoms with Gasteiger partial charge in [0.15, 0.2) is 0 Å². The second-order valence-electron chi connectivity index (χ2n) is 4.83. The van der Waals surface area contributed by atoms with Crippen LogP contribution in [-0.4, -0.2) is 21.1 Å². The van der Waals surface area contributed by atoms with Crippen molar-refractivity contribution in [2.75, 3.05) is 5.32 Å². The number of nitrogens with one attached hydrogen (secondary N) is 1. The van der Waals surface area contributed by atoms with Crippen molar-refractivity contribution in [3.05, 3.63) is 28.7 Å². The van der Waals surface area contributed by atoms with Crippen molar-refractivity contribution >= 4 is 22.6 Å². The normalized spacial score (nSPS) is 12.6. The lowest BCUT2D eigenvalue weighted by atomic mass is 10.2. The summed E-state index contributed by atoms with van der Waals surface area (Å²) in [4.78, 5) is 23.4. The molecule has 1 amide bonds. The Kier molecular flexibility index (Phi) is 3.44. The summed E-state index contributed by atoms with van der Waals surface area (Å²) in [5.74, 6) is -0.129. The Labute approximate surface area is 110 Å². The van der Waals surface area contributed by atoms with Gasteiger partial charge in [-0.15, -0.1) is 0 Å². The number of nitrogens with two attached hydrogens (primary N) is 1. The molecule has 6 nitrogen and oxygen atoms in total. The van der Waals surface area contributed by atoms with Crippen molar-refractivity contribution in [2.45, 2.75) is 19.4 Å². The van der Waals surface area contributed by atoms with Gasteiger partial charge in [0.2, 0.25) is 5.91 Å². The van der Waals surface area contributed by atoms with E-state index in [4.69, 9.17) is 5.73 Å². The van der Waals surface area contributed by atoms with Crippen LogP contribution in [0.1, 0.15) is 13.3 Å². The highest BCUT2D eigenvalue weighted by Gasteiger charge is 2.10. The van der Waals surface area contributed by atoms with E-state index in [1.807, 2.05) is 6.07 Å². The van der Waals surface area contributed by atoms with E-state index in [9.17, 15) is 9.59 Å². The number of aryl methyl sites for hydroxylation is 2. The van der Waals surface area contributed by atoms with E-state index < -0.39 is 0 Å². The summed E-state index contributed by atoms with van der Waals surface area (Å²) in [5.41, 5.74) is 7.77. The van der Waals surface area contributed by atoms with Crippen LogP contribution < -0.4 is 16.7 Å². The van der Waals surface area contributed by atoms with E-state index in [0.717, 1.165) is 11.0 Å². The third-order valence-corrected chi connectivity index (χ3v) is 3.06. The molecule has 1 atom stereocenters. The number of carbonyl (C=O) groups is 1. The minimum Gasteiger partial charge on any atom is -0.327 e. The lowest BCUT2D eigenvalue weighted by molar-refractivity contribution is -0.116. The molecule has 0 bridgehead atoms. The highest BCUT2D eigenvalue weighted by Crippen LogP contribution is 2.17. The standard InChI is InChI=1S/C13H18N4O2/c1-8(14)6-12(18)15-9-4-5-10-11(7-9)17(3)13(19)16(10)2/h4-5,7-8H,6,14H2,1-3H3,(H,15,18). The molecule has 0 spiro atoms. The smallest absolute Gasteiger partial charge is 0.327 e. The van der Waals surface area contributed by atoms with Crippen LogP contribution in [0, 0.1) is 0 Å². The molecule has 1 aromatic carbocycles. The molecule has 0 aliphatic rings. The summed E-state index contributed by atoms with van der Waals surface area (Å²) in [6, 6.07) is 5.21. The molecule has 2 aromatic rings. The number of amides is 1. The Morgan fingerprint density at radius 1 is 1.32 bits per heavy atom. The molecule has 1 aromatic heterocycles. The molecule has 0 saturated carbocycles. The van der Waals surface area contributed by atoms with Crippen LogP contribution in [0.25, 0.3) is 11.0 Å². The second kappa shape index (κ2) is 4.89. The number of rotatable bonds is 3. The number of hydrogen-bond acceptors (Lipinski definition) is 3. The van der Waals surface area contributed by atoms with E-state index in [2.05, 4.69) is 5.32 Å². The Morgan fingerprint density at radius 2 is 1.95 bits per heavy atom. The van der Waals surface area contributed by atoms with Crippen LogP contribution in [0.3, 0.4) is 0 Å². The molecule has 3 N–H and O–H groups in total. The molecule has 0 radical (unpaired) electrons. The van der Waals surface area contributed by atoms with Gasteiger partial charge in [-0.2, -0.15) is 0 Å². The Hall–Kier alpha value is -2.08. The summed E-state index contributed by atoms with van der Waals surface area (Å²) < 4.78 is 3.12. The highest BCUT2D eigenvalue weighted by atomic mass is 16.2. The summed E-state index contributed by atoms with van der Waals surface area (Å²) in [6.45, 7) is 1.78. The third-order valence-electron chi connectivity index (χ3n) is 3.06. The third kappa shape index (κ3) is 2.53. The summed E-state index contributed by atoms with van der Waals surface area (Å²) >= 11 is 0. The molecule has 0 saturated heterocycles. The summed E-state index contributed by atoms with van der Waals surface area (Å²) in [6.07, 6.45) is 0.270. The monoisotopic (exact) mass is 262 g/mol. The van der Waals surface area contributed by atoms with Gasteiger partial charge >= 0.3 is 5.69 Å². The van der Waals surface area contributed by atoms with Crippen molar-refractivity contribution in [1.82, 2.24) is 9.13 Å². The van der Waals surface area contributed by atoms with E-state index in [0.29, 0.717) is 5.69 Å². The average molecular weight is 262 g/mol. The quantitative estimate of drug-likeness (QED) is 0.847. The van der Waals surface area contributed by atoms with E-state index >= 15 is 0 Å². The maximum atomic E-state index is 11.8. The fraction of sp³-hybridized carbons (Fsp3) is 0.385. The fourth-order valence-corrected chi connectivity index (χ4v) is 2.09. The van der Waals surface area contributed by atoms with E-state index in [1.54, 1.807) is 42.3 Å². The van der Waals surface area contributed by atoms with E-state index in [-0.39, 0.29) is 24.1 Å². The Morgan fingerprint density at radius 3 is 2.58 bits per heavy atom. The van der Waals surface area contributed by atoms with Gasteiger partial charge in [0.25, 0.3) is 0 Å². The van der Waals surface area contributed by atoms with Gasteiger partial charge in [-0.25, -0.2) is 4.79 Å². The SMILES string of the molecule is CC(N)CC(=O)Nc1ccc2c(c1)n(C)c(=O)n2C. The van der Waals surface area contributed by atoms with Crippen molar-refractivity contribution < 1.29 is 4.79 Å². The van der Waals surface area contributed by atoms with Crippen molar-refractivity contribution in [1.29, 1.82) is 0 Å². The number of aromatic nitrogens is 2. The molecule has 0 fully saturated rings. The van der Waals surface area contributed by atoms with E-state index in [1.165, 1.54) is 0 Å². The molecule has 6 heteroatoms. The number of anilines is 1. The van der Waals surface area contributed by atoms with Gasteiger partial charge in [0.05, 0.1) is 11.0 Å². The number of benzene rings is 1. The van der Waals surface area contributed by atoms with Crippen LogP contribution in [0.5, 0.6) is 0 Å². The first-order valence-corrected chi connectivity index (χ1v) is 6.11. The first-order valence-electron chi connectivity index (χ1n) is 6.11. The minimum atomic E-state index is -0.176. The number of hydrogen-bond donors (Lipinski definition) is 2. The van der Waals surface area contributed by atoms with Crippen molar-refractivity contribution in [3.63, 3.8) is 0 Å². The number of imidazole rings is 1. The number of nitrogens with zero attached hydrogens (tertiary/aromatic N) is 2. The highest BCUT2D eigenvalue weighted by molar-refractivity contribution is 5.93. The molecule has 0 aliphatic heterocycles. The topological polar surface area (TPSA) is 82.1 Å². The first-order chi connectivity index (χ1) is 8.90. The molecule has 102 valence electrons.